The molecule has 0 spiro atoms. The first kappa shape index (κ1) is 13.6. The normalized spacial score (nSPS) is 14.7. The maximum absolute atomic E-state index is 12.3. The van der Waals surface area contributed by atoms with Gasteiger partial charge in [-0.1, -0.05) is 23.4 Å². The van der Waals surface area contributed by atoms with E-state index in [4.69, 9.17) is 0 Å². The van der Waals surface area contributed by atoms with Crippen LogP contribution in [0.15, 0.2) is 48.9 Å². The van der Waals surface area contributed by atoms with Crippen LogP contribution in [0.25, 0.3) is 0 Å². The number of likely N-dealkylation sites (tertiary alicyclic amines) is 1. The summed E-state index contributed by atoms with van der Waals surface area (Å²) in [5.74, 6) is 0.0583. The summed E-state index contributed by atoms with van der Waals surface area (Å²) in [6, 6.07) is 9.49. The van der Waals surface area contributed by atoms with Gasteiger partial charge in [-0.2, -0.15) is 15.0 Å². The van der Waals surface area contributed by atoms with Crippen LogP contribution in [0.2, 0.25) is 0 Å². The molecule has 3 heterocycles. The highest BCUT2D eigenvalue weighted by molar-refractivity contribution is 5.94. The summed E-state index contributed by atoms with van der Waals surface area (Å²) in [6.07, 6.45) is 5.14. The van der Waals surface area contributed by atoms with Crippen LogP contribution in [-0.4, -0.2) is 53.9 Å². The first-order chi connectivity index (χ1) is 11.3. The quantitative estimate of drug-likeness (QED) is 0.705. The smallest absolute Gasteiger partial charge is 0.253 e. The molecule has 0 aliphatic carbocycles. The summed E-state index contributed by atoms with van der Waals surface area (Å²) in [5, 5.41) is 16.4. The van der Waals surface area contributed by atoms with Crippen LogP contribution in [0.1, 0.15) is 22.1 Å². The molecule has 0 radical (unpaired) electrons. The van der Waals surface area contributed by atoms with E-state index < -0.39 is 0 Å². The van der Waals surface area contributed by atoms with Gasteiger partial charge >= 0.3 is 0 Å². The van der Waals surface area contributed by atoms with Gasteiger partial charge < -0.3 is 4.90 Å². The van der Waals surface area contributed by atoms with Crippen LogP contribution < -0.4 is 0 Å². The lowest BCUT2D eigenvalue weighted by Gasteiger charge is -2.38. The van der Waals surface area contributed by atoms with E-state index in [-0.39, 0.29) is 11.9 Å². The first-order valence-electron chi connectivity index (χ1n) is 7.39. The molecule has 0 unspecified atom stereocenters. The standard InChI is InChI=1S/C15H15N7O/c23-15(12-4-2-1-3-5-12)20-10-14(11-20)21-8-13(18-19-21)9-22-16-6-7-17-22/h1-8,14H,9-11H2. The molecule has 0 bridgehead atoms. The molecule has 1 amide bonds. The Kier molecular flexibility index (Phi) is 3.34. The van der Waals surface area contributed by atoms with Crippen molar-refractivity contribution in [3.05, 3.63) is 60.2 Å². The minimum Gasteiger partial charge on any atom is -0.334 e. The number of hydrogen-bond acceptors (Lipinski definition) is 5. The molecule has 1 aliphatic heterocycles. The number of hydrogen-bond donors (Lipinski definition) is 0. The molecule has 0 saturated carbocycles. The van der Waals surface area contributed by atoms with Crippen LogP contribution in [0, 0.1) is 0 Å². The van der Waals surface area contributed by atoms with E-state index in [1.54, 1.807) is 17.2 Å². The van der Waals surface area contributed by atoms with Gasteiger partial charge in [0.2, 0.25) is 0 Å². The van der Waals surface area contributed by atoms with E-state index in [0.717, 1.165) is 11.3 Å². The van der Waals surface area contributed by atoms with Crippen molar-refractivity contribution in [2.75, 3.05) is 13.1 Å². The van der Waals surface area contributed by atoms with Crippen molar-refractivity contribution in [1.29, 1.82) is 0 Å². The second kappa shape index (κ2) is 5.64. The predicted molar refractivity (Wildman–Crippen MR) is 80.5 cm³/mol. The Balaban J connectivity index is 1.37. The average molecular weight is 309 g/mol. The lowest BCUT2D eigenvalue weighted by atomic mass is 10.1. The average Bonchev–Trinajstić information content (AvgIpc) is 3.19. The predicted octanol–water partition coefficient (Wildman–Crippen LogP) is 0.615. The van der Waals surface area contributed by atoms with E-state index in [9.17, 15) is 4.79 Å². The van der Waals surface area contributed by atoms with Crippen LogP contribution in [0.4, 0.5) is 0 Å². The molecule has 1 aliphatic rings. The first-order valence-corrected chi connectivity index (χ1v) is 7.39. The summed E-state index contributed by atoms with van der Waals surface area (Å²) in [7, 11) is 0. The molecule has 1 aromatic carbocycles. The largest absolute Gasteiger partial charge is 0.334 e. The van der Waals surface area contributed by atoms with Gasteiger partial charge in [-0.15, -0.1) is 5.10 Å². The number of aromatic nitrogens is 6. The maximum atomic E-state index is 12.3. The topological polar surface area (TPSA) is 81.7 Å². The molecular formula is C15H15N7O. The number of rotatable bonds is 4. The zero-order valence-corrected chi connectivity index (χ0v) is 12.4. The highest BCUT2D eigenvalue weighted by atomic mass is 16.2. The fraction of sp³-hybridized carbons (Fsp3) is 0.267. The third kappa shape index (κ3) is 2.70. The van der Waals surface area contributed by atoms with Gasteiger partial charge in [0.05, 0.1) is 24.6 Å². The van der Waals surface area contributed by atoms with Crippen LogP contribution in [0.5, 0.6) is 0 Å². The van der Waals surface area contributed by atoms with Crippen molar-refractivity contribution in [1.82, 2.24) is 34.9 Å². The summed E-state index contributed by atoms with van der Waals surface area (Å²) in [6.45, 7) is 1.79. The zero-order valence-electron chi connectivity index (χ0n) is 12.4. The Hall–Kier alpha value is -3.03. The summed E-state index contributed by atoms with van der Waals surface area (Å²) < 4.78 is 1.81. The molecule has 1 fully saturated rings. The van der Waals surface area contributed by atoms with Gasteiger partial charge in [0, 0.05) is 18.7 Å². The van der Waals surface area contributed by atoms with Gasteiger partial charge in [0.25, 0.3) is 5.91 Å². The minimum atomic E-state index is 0.0583. The Morgan fingerprint density at radius 1 is 1.13 bits per heavy atom. The van der Waals surface area contributed by atoms with Crippen molar-refractivity contribution < 1.29 is 4.79 Å². The van der Waals surface area contributed by atoms with Crippen LogP contribution in [-0.2, 0) is 6.54 Å². The Morgan fingerprint density at radius 2 is 1.87 bits per heavy atom. The van der Waals surface area contributed by atoms with Crippen molar-refractivity contribution in [3.63, 3.8) is 0 Å². The number of nitrogens with zero attached hydrogens (tertiary/aromatic N) is 7. The molecule has 1 saturated heterocycles. The fourth-order valence-corrected chi connectivity index (χ4v) is 2.59. The molecule has 4 rings (SSSR count). The summed E-state index contributed by atoms with van der Waals surface area (Å²) in [4.78, 5) is 15.7. The lowest BCUT2D eigenvalue weighted by Crippen LogP contribution is -2.50. The summed E-state index contributed by atoms with van der Waals surface area (Å²) in [5.41, 5.74) is 1.52. The zero-order chi connectivity index (χ0) is 15.6. The molecule has 0 atom stereocenters. The molecule has 23 heavy (non-hydrogen) atoms. The van der Waals surface area contributed by atoms with Crippen LogP contribution >= 0.6 is 0 Å². The fourth-order valence-electron chi connectivity index (χ4n) is 2.59. The molecule has 8 heteroatoms. The monoisotopic (exact) mass is 309 g/mol. The number of benzene rings is 1. The Bertz CT molecular complexity index is 790. The van der Waals surface area contributed by atoms with E-state index in [1.807, 2.05) is 46.1 Å². The van der Waals surface area contributed by atoms with E-state index in [0.29, 0.717) is 19.6 Å². The molecule has 3 aromatic rings. The van der Waals surface area contributed by atoms with E-state index in [1.165, 1.54) is 0 Å². The maximum Gasteiger partial charge on any atom is 0.253 e. The Morgan fingerprint density at radius 3 is 2.61 bits per heavy atom. The number of amides is 1. The minimum absolute atomic E-state index is 0.0583. The van der Waals surface area contributed by atoms with Crippen molar-refractivity contribution in [2.45, 2.75) is 12.6 Å². The molecule has 116 valence electrons. The summed E-state index contributed by atoms with van der Waals surface area (Å²) >= 11 is 0. The van der Waals surface area contributed by atoms with E-state index in [2.05, 4.69) is 20.5 Å². The van der Waals surface area contributed by atoms with Gasteiger partial charge in [-0.3, -0.25) is 4.79 Å². The van der Waals surface area contributed by atoms with Crippen LogP contribution in [0.3, 0.4) is 0 Å². The van der Waals surface area contributed by atoms with Gasteiger partial charge in [0.15, 0.2) is 0 Å². The van der Waals surface area contributed by atoms with Gasteiger partial charge in [0.1, 0.15) is 12.2 Å². The van der Waals surface area contributed by atoms with Crippen molar-refractivity contribution in [2.24, 2.45) is 0 Å². The van der Waals surface area contributed by atoms with E-state index >= 15 is 0 Å². The lowest BCUT2D eigenvalue weighted by molar-refractivity contribution is 0.0498. The highest BCUT2D eigenvalue weighted by Gasteiger charge is 2.33. The van der Waals surface area contributed by atoms with Gasteiger partial charge in [-0.05, 0) is 12.1 Å². The van der Waals surface area contributed by atoms with Crippen molar-refractivity contribution in [3.8, 4) is 0 Å². The highest BCUT2D eigenvalue weighted by Crippen LogP contribution is 2.22. The molecule has 8 nitrogen and oxygen atoms in total. The van der Waals surface area contributed by atoms with Gasteiger partial charge in [-0.25, -0.2) is 4.68 Å². The number of carbonyl (C=O) groups is 1. The Labute approximate surface area is 132 Å². The molecule has 2 aromatic heterocycles. The molecular weight excluding hydrogens is 294 g/mol. The second-order valence-electron chi connectivity index (χ2n) is 5.48. The number of carbonyl (C=O) groups excluding carboxylic acids is 1. The van der Waals surface area contributed by atoms with Crippen molar-refractivity contribution >= 4 is 5.91 Å². The second-order valence-corrected chi connectivity index (χ2v) is 5.48. The SMILES string of the molecule is O=C(c1ccccc1)N1CC(n2cc(Cn3nccn3)nn2)C1. The third-order valence-corrected chi connectivity index (χ3v) is 3.87. The molecule has 0 N–H and O–H groups in total. The third-order valence-electron chi connectivity index (χ3n) is 3.87.